The maximum atomic E-state index is 11.2. The van der Waals surface area contributed by atoms with Crippen molar-refractivity contribution < 1.29 is 25.2 Å². The van der Waals surface area contributed by atoms with E-state index in [9.17, 15) is 15.0 Å². The van der Waals surface area contributed by atoms with Gasteiger partial charge in [0, 0.05) is 6.54 Å². The van der Waals surface area contributed by atoms with Crippen molar-refractivity contribution in [2.24, 2.45) is 5.92 Å². The minimum absolute atomic E-state index is 0.156. The number of hydrogen-bond donors (Lipinski definition) is 5. The van der Waals surface area contributed by atoms with Crippen molar-refractivity contribution in [2.75, 3.05) is 13.2 Å². The summed E-state index contributed by atoms with van der Waals surface area (Å²) in [7, 11) is 0. The maximum absolute atomic E-state index is 11.2. The van der Waals surface area contributed by atoms with Crippen molar-refractivity contribution in [3.05, 3.63) is 0 Å². The Labute approximate surface area is 88.5 Å². The highest BCUT2D eigenvalue weighted by Gasteiger charge is 2.26. The van der Waals surface area contributed by atoms with E-state index in [0.717, 1.165) is 0 Å². The molecule has 0 bridgehead atoms. The zero-order valence-corrected chi connectivity index (χ0v) is 8.92. The lowest BCUT2D eigenvalue weighted by Crippen LogP contribution is -2.46. The second-order valence-corrected chi connectivity index (χ2v) is 3.76. The van der Waals surface area contributed by atoms with Gasteiger partial charge >= 0.3 is 0 Å². The fourth-order valence-corrected chi connectivity index (χ4v) is 0.907. The number of rotatable bonds is 6. The predicted octanol–water partition coefficient (Wildman–Crippen LogP) is -2.17. The first-order chi connectivity index (χ1) is 6.90. The zero-order valence-electron chi connectivity index (χ0n) is 8.92. The Bertz CT molecular complexity index is 197. The van der Waals surface area contributed by atoms with Crippen molar-refractivity contribution in [2.45, 2.75) is 32.2 Å². The Morgan fingerprint density at radius 2 is 1.80 bits per heavy atom. The van der Waals surface area contributed by atoms with Gasteiger partial charge in [-0.15, -0.1) is 0 Å². The summed E-state index contributed by atoms with van der Waals surface area (Å²) in [6.07, 6.45) is -3.72. The van der Waals surface area contributed by atoms with Gasteiger partial charge in [0.15, 0.2) is 6.10 Å². The third-order valence-electron chi connectivity index (χ3n) is 2.00. The van der Waals surface area contributed by atoms with Crippen LogP contribution in [-0.4, -0.2) is 57.8 Å². The van der Waals surface area contributed by atoms with Crippen LogP contribution in [0.25, 0.3) is 0 Å². The van der Waals surface area contributed by atoms with E-state index >= 15 is 0 Å². The highest BCUT2D eigenvalue weighted by Crippen LogP contribution is 2.06. The van der Waals surface area contributed by atoms with Gasteiger partial charge in [0.25, 0.3) is 5.91 Å². The quantitative estimate of drug-likeness (QED) is 0.351. The van der Waals surface area contributed by atoms with Crippen molar-refractivity contribution >= 4 is 5.91 Å². The van der Waals surface area contributed by atoms with Gasteiger partial charge in [0.2, 0.25) is 0 Å². The molecule has 90 valence electrons. The molecule has 1 amide bonds. The fourth-order valence-electron chi connectivity index (χ4n) is 0.907. The predicted molar refractivity (Wildman–Crippen MR) is 53.0 cm³/mol. The third kappa shape index (κ3) is 5.08. The van der Waals surface area contributed by atoms with Gasteiger partial charge in [-0.1, -0.05) is 13.8 Å². The van der Waals surface area contributed by atoms with Gasteiger partial charge in [-0.3, -0.25) is 4.79 Å². The molecule has 5 N–H and O–H groups in total. The van der Waals surface area contributed by atoms with Crippen LogP contribution in [0.4, 0.5) is 0 Å². The molecule has 0 aliphatic heterocycles. The molecule has 0 aromatic rings. The Hall–Kier alpha value is -0.690. The first kappa shape index (κ1) is 14.3. The van der Waals surface area contributed by atoms with Gasteiger partial charge in [0.05, 0.1) is 18.8 Å². The molecular weight excluding hydrogens is 202 g/mol. The van der Waals surface area contributed by atoms with E-state index in [1.54, 1.807) is 13.8 Å². The molecule has 0 aromatic heterocycles. The normalized spacial score (nSPS) is 17.3. The molecule has 15 heavy (non-hydrogen) atoms. The van der Waals surface area contributed by atoms with E-state index in [4.69, 9.17) is 10.2 Å². The van der Waals surface area contributed by atoms with Crippen LogP contribution in [-0.2, 0) is 4.79 Å². The Morgan fingerprint density at radius 3 is 2.20 bits per heavy atom. The number of aliphatic hydroxyl groups excluding tert-OH is 4. The minimum atomic E-state index is -1.52. The molecular formula is C9H19NO5. The van der Waals surface area contributed by atoms with Gasteiger partial charge in [-0.25, -0.2) is 0 Å². The number of amides is 1. The van der Waals surface area contributed by atoms with E-state index < -0.39 is 30.8 Å². The molecule has 6 heteroatoms. The van der Waals surface area contributed by atoms with Crippen molar-refractivity contribution in [1.29, 1.82) is 0 Å². The molecule has 1 unspecified atom stereocenters. The van der Waals surface area contributed by atoms with Crippen LogP contribution in [0.1, 0.15) is 13.8 Å². The second-order valence-electron chi connectivity index (χ2n) is 3.76. The topological polar surface area (TPSA) is 110 Å². The molecule has 0 aliphatic carbocycles. The number of hydrogen-bond acceptors (Lipinski definition) is 5. The fraction of sp³-hybridized carbons (Fsp3) is 0.889. The Morgan fingerprint density at radius 1 is 1.27 bits per heavy atom. The zero-order chi connectivity index (χ0) is 12.0. The highest BCUT2D eigenvalue weighted by molar-refractivity contribution is 5.81. The second kappa shape index (κ2) is 6.73. The lowest BCUT2D eigenvalue weighted by Gasteiger charge is -2.20. The van der Waals surface area contributed by atoms with Gasteiger partial charge in [-0.05, 0) is 5.92 Å². The molecule has 6 nitrogen and oxygen atoms in total. The molecule has 0 rings (SSSR count). The smallest absolute Gasteiger partial charge is 0.251 e. The van der Waals surface area contributed by atoms with Gasteiger partial charge in [-0.2, -0.15) is 0 Å². The lowest BCUT2D eigenvalue weighted by molar-refractivity contribution is -0.137. The molecule has 0 spiro atoms. The first-order valence-electron chi connectivity index (χ1n) is 4.83. The van der Waals surface area contributed by atoms with Crippen LogP contribution < -0.4 is 5.32 Å². The number of carbonyl (C=O) groups is 1. The molecule has 0 radical (unpaired) electrons. The third-order valence-corrected chi connectivity index (χ3v) is 2.00. The summed E-state index contributed by atoms with van der Waals surface area (Å²) in [6.45, 7) is 2.72. The van der Waals surface area contributed by atoms with Crippen LogP contribution >= 0.6 is 0 Å². The van der Waals surface area contributed by atoms with Gasteiger partial charge < -0.3 is 25.7 Å². The molecule has 0 saturated heterocycles. The largest absolute Gasteiger partial charge is 0.394 e. The van der Waals surface area contributed by atoms with E-state index in [0.29, 0.717) is 0 Å². The summed E-state index contributed by atoms with van der Waals surface area (Å²) < 4.78 is 0. The van der Waals surface area contributed by atoms with Crippen LogP contribution in [0.15, 0.2) is 0 Å². The van der Waals surface area contributed by atoms with Crippen LogP contribution in [0, 0.1) is 5.92 Å². The summed E-state index contributed by atoms with van der Waals surface area (Å²) in [6, 6.07) is 0. The standard InChI is InChI=1S/C9H19NO5/c1-5(2)7(13)8(14)9(15)10-3-6(12)4-11/h5-8,11-14H,3-4H2,1-2H3,(H,10,15)/t6?,7-,8+/m1/s1. The maximum Gasteiger partial charge on any atom is 0.251 e. The average molecular weight is 221 g/mol. The van der Waals surface area contributed by atoms with Crippen molar-refractivity contribution in [3.63, 3.8) is 0 Å². The van der Waals surface area contributed by atoms with E-state index in [1.807, 2.05) is 0 Å². The van der Waals surface area contributed by atoms with E-state index in [2.05, 4.69) is 5.32 Å². The molecule has 0 heterocycles. The lowest BCUT2D eigenvalue weighted by atomic mass is 10.0. The summed E-state index contributed by atoms with van der Waals surface area (Å²) in [4.78, 5) is 11.2. The van der Waals surface area contributed by atoms with Crippen LogP contribution in [0.2, 0.25) is 0 Å². The summed E-state index contributed by atoms with van der Waals surface area (Å²) >= 11 is 0. The number of nitrogens with one attached hydrogen (secondary N) is 1. The summed E-state index contributed by atoms with van der Waals surface area (Å²) in [5.74, 6) is -1.00. The van der Waals surface area contributed by atoms with Crippen molar-refractivity contribution in [3.8, 4) is 0 Å². The van der Waals surface area contributed by atoms with E-state index in [1.165, 1.54) is 0 Å². The highest BCUT2D eigenvalue weighted by atomic mass is 16.3. The number of carbonyl (C=O) groups excluding carboxylic acids is 1. The molecule has 0 aliphatic rings. The molecule has 3 atom stereocenters. The average Bonchev–Trinajstić information content (AvgIpc) is 2.22. The SMILES string of the molecule is CC(C)[C@@H](O)[C@H](O)C(=O)NCC(O)CO. The summed E-state index contributed by atoms with van der Waals surface area (Å²) in [5.41, 5.74) is 0. The minimum Gasteiger partial charge on any atom is -0.394 e. The molecule has 0 saturated carbocycles. The van der Waals surface area contributed by atoms with Crippen LogP contribution in [0.5, 0.6) is 0 Å². The van der Waals surface area contributed by atoms with E-state index in [-0.39, 0.29) is 12.5 Å². The molecule has 0 aromatic carbocycles. The van der Waals surface area contributed by atoms with Crippen molar-refractivity contribution in [1.82, 2.24) is 5.32 Å². The first-order valence-corrected chi connectivity index (χ1v) is 4.83. The van der Waals surface area contributed by atoms with Crippen LogP contribution in [0.3, 0.4) is 0 Å². The Balaban J connectivity index is 3.99. The Kier molecular flexibility index (Phi) is 6.42. The monoisotopic (exact) mass is 221 g/mol. The molecule has 0 fully saturated rings. The van der Waals surface area contributed by atoms with Gasteiger partial charge in [0.1, 0.15) is 0 Å². The number of aliphatic hydroxyl groups is 4. The summed E-state index contributed by atoms with van der Waals surface area (Å²) in [5, 5.41) is 38.3.